The van der Waals surface area contributed by atoms with Gasteiger partial charge in [-0.05, 0) is 134 Å². The summed E-state index contributed by atoms with van der Waals surface area (Å²) in [6.45, 7) is 6.90. The van der Waals surface area contributed by atoms with E-state index < -0.39 is 34.9 Å². The summed E-state index contributed by atoms with van der Waals surface area (Å²) in [5.74, 6) is 0.870. The molecular weight excluding hydrogens is 676 g/mol. The molecule has 0 amide bonds. The highest BCUT2D eigenvalue weighted by Crippen LogP contribution is 2.67. The molecule has 1 unspecified atom stereocenters. The summed E-state index contributed by atoms with van der Waals surface area (Å²) < 4.78 is 30.5. The molecule has 2 aliphatic heterocycles. The minimum atomic E-state index is -1.84. The van der Waals surface area contributed by atoms with Crippen molar-refractivity contribution in [1.82, 2.24) is 0 Å². The third kappa shape index (κ3) is 5.62. The largest absolute Gasteiger partial charge is 0.508 e. The number of ether oxygens (including phenoxy) is 5. The average molecular weight is 723 g/mol. The second kappa shape index (κ2) is 13.1. The van der Waals surface area contributed by atoms with Crippen LogP contribution in [0.1, 0.15) is 84.8 Å². The third-order valence-electron chi connectivity index (χ3n) is 11.4. The van der Waals surface area contributed by atoms with Crippen molar-refractivity contribution in [3.63, 3.8) is 0 Å². The van der Waals surface area contributed by atoms with Gasteiger partial charge in [0.05, 0.1) is 38.4 Å². The topological polar surface area (TPSA) is 144 Å². The average Bonchev–Trinajstić information content (AvgIpc) is 3.63. The van der Waals surface area contributed by atoms with Gasteiger partial charge >= 0.3 is 0 Å². The predicted octanol–water partition coefficient (Wildman–Crippen LogP) is 7.73. The Morgan fingerprint density at radius 3 is 1.98 bits per heavy atom. The number of rotatable bonds is 8. The smallest absolute Gasteiger partial charge is 0.181 e. The van der Waals surface area contributed by atoms with Gasteiger partial charge in [-0.2, -0.15) is 0 Å². The Balaban J connectivity index is 1.45. The van der Waals surface area contributed by atoms with E-state index in [4.69, 9.17) is 23.7 Å². The maximum Gasteiger partial charge on any atom is 0.181 e. The van der Waals surface area contributed by atoms with Gasteiger partial charge < -0.3 is 44.1 Å². The standard InChI is InChI=1S/C43H46O10/c1-23-8-12-28(21-35(23)50-6)43(41(3,4)48)40(47)42(39(53-43)27-11-15-34(49-5)33(46)19-27)17-16-29-30(22-42)38(26-10-14-32(45)36(20-26)51-7)52-37(29)25-9-13-31(44)24(2)18-25/h8-15,18-21,37-39,44-46,48H,16-17,22H2,1-7H3/t37-,38+,39-,42-,43?/m0/s1. The molecule has 5 atom stereocenters. The summed E-state index contributed by atoms with van der Waals surface area (Å²) in [7, 11) is 4.51. The summed E-state index contributed by atoms with van der Waals surface area (Å²) >= 11 is 0. The normalized spacial score (nSPS) is 25.5. The number of aliphatic hydroxyl groups is 1. The summed E-state index contributed by atoms with van der Waals surface area (Å²) in [5, 5.41) is 44.0. The van der Waals surface area contributed by atoms with Gasteiger partial charge in [-0.3, -0.25) is 4.79 Å². The summed E-state index contributed by atoms with van der Waals surface area (Å²) in [4.78, 5) is 15.8. The molecule has 3 aliphatic rings. The van der Waals surface area contributed by atoms with E-state index in [1.807, 2.05) is 32.0 Å². The number of carbonyl (C=O) groups excluding carboxylic acids is 1. The van der Waals surface area contributed by atoms with Crippen LogP contribution in [-0.4, -0.2) is 53.1 Å². The van der Waals surface area contributed by atoms with E-state index in [-0.39, 0.29) is 41.0 Å². The molecule has 10 heteroatoms. The Labute approximate surface area is 309 Å². The van der Waals surface area contributed by atoms with E-state index in [1.165, 1.54) is 14.2 Å². The van der Waals surface area contributed by atoms with Crippen LogP contribution in [-0.2, 0) is 19.9 Å². The number of hydrogen-bond donors (Lipinski definition) is 4. The lowest BCUT2D eigenvalue weighted by Gasteiger charge is -2.40. The van der Waals surface area contributed by atoms with Gasteiger partial charge in [0, 0.05) is 0 Å². The van der Waals surface area contributed by atoms with Gasteiger partial charge in [-0.1, -0.05) is 30.3 Å². The van der Waals surface area contributed by atoms with Crippen LogP contribution in [0.25, 0.3) is 0 Å². The molecule has 0 aromatic heterocycles. The highest BCUT2D eigenvalue weighted by molar-refractivity contribution is 5.98. The first kappa shape index (κ1) is 36.3. The van der Waals surface area contributed by atoms with Crippen LogP contribution in [0.3, 0.4) is 0 Å². The number of phenols is 3. The van der Waals surface area contributed by atoms with Crippen LogP contribution in [0.2, 0.25) is 0 Å². The lowest BCUT2D eigenvalue weighted by molar-refractivity contribution is -0.177. The van der Waals surface area contributed by atoms with Crippen molar-refractivity contribution in [2.24, 2.45) is 5.41 Å². The van der Waals surface area contributed by atoms with Crippen molar-refractivity contribution in [3.05, 3.63) is 117 Å². The van der Waals surface area contributed by atoms with Gasteiger partial charge in [-0.25, -0.2) is 0 Å². The van der Waals surface area contributed by atoms with Crippen molar-refractivity contribution in [2.75, 3.05) is 21.3 Å². The molecule has 1 saturated heterocycles. The highest BCUT2D eigenvalue weighted by Gasteiger charge is 2.70. The Morgan fingerprint density at radius 1 is 0.698 bits per heavy atom. The van der Waals surface area contributed by atoms with Crippen LogP contribution in [0, 0.1) is 19.3 Å². The minimum absolute atomic E-state index is 0.0171. The second-order valence-corrected chi connectivity index (χ2v) is 14.9. The van der Waals surface area contributed by atoms with Crippen molar-refractivity contribution in [1.29, 1.82) is 0 Å². The zero-order chi connectivity index (χ0) is 38.0. The monoisotopic (exact) mass is 722 g/mol. The zero-order valence-electron chi connectivity index (χ0n) is 31.0. The van der Waals surface area contributed by atoms with Crippen LogP contribution < -0.4 is 14.2 Å². The van der Waals surface area contributed by atoms with Gasteiger partial charge in [0.2, 0.25) is 0 Å². The molecule has 1 spiro atoms. The number of ketones is 1. The Kier molecular flexibility index (Phi) is 9.00. The van der Waals surface area contributed by atoms with E-state index in [0.29, 0.717) is 35.3 Å². The molecule has 2 heterocycles. The fourth-order valence-corrected chi connectivity index (χ4v) is 8.68. The fraction of sp³-hybridized carbons (Fsp3) is 0.372. The van der Waals surface area contributed by atoms with Gasteiger partial charge in [-0.15, -0.1) is 0 Å². The van der Waals surface area contributed by atoms with Crippen LogP contribution >= 0.6 is 0 Å². The minimum Gasteiger partial charge on any atom is -0.508 e. The first-order valence-electron chi connectivity index (χ1n) is 17.7. The van der Waals surface area contributed by atoms with Crippen molar-refractivity contribution >= 4 is 5.78 Å². The van der Waals surface area contributed by atoms with Gasteiger partial charge in [0.25, 0.3) is 0 Å². The zero-order valence-corrected chi connectivity index (χ0v) is 31.0. The van der Waals surface area contributed by atoms with E-state index in [0.717, 1.165) is 27.8 Å². The summed E-state index contributed by atoms with van der Waals surface area (Å²) in [5.41, 5.74) is 1.27. The number of benzene rings is 4. The van der Waals surface area contributed by atoms with E-state index in [1.54, 1.807) is 75.6 Å². The molecule has 53 heavy (non-hydrogen) atoms. The number of methoxy groups -OCH3 is 3. The highest BCUT2D eigenvalue weighted by atomic mass is 16.5. The Morgan fingerprint density at radius 2 is 1.34 bits per heavy atom. The predicted molar refractivity (Wildman–Crippen MR) is 197 cm³/mol. The summed E-state index contributed by atoms with van der Waals surface area (Å²) in [6, 6.07) is 20.9. The molecule has 10 nitrogen and oxygen atoms in total. The molecule has 4 aromatic rings. The molecule has 4 N–H and O–H groups in total. The van der Waals surface area contributed by atoms with E-state index in [2.05, 4.69) is 0 Å². The third-order valence-corrected chi connectivity index (χ3v) is 11.4. The summed E-state index contributed by atoms with van der Waals surface area (Å²) in [6.07, 6.45) is -1.01. The number of aromatic hydroxyl groups is 3. The van der Waals surface area contributed by atoms with Crippen molar-refractivity contribution < 1.29 is 48.9 Å². The lowest BCUT2D eigenvalue weighted by Crippen LogP contribution is -2.54. The quantitative estimate of drug-likeness (QED) is 0.133. The van der Waals surface area contributed by atoms with Gasteiger partial charge in [0.15, 0.2) is 34.4 Å². The maximum atomic E-state index is 15.8. The van der Waals surface area contributed by atoms with Crippen LogP contribution in [0.4, 0.5) is 0 Å². The molecule has 7 rings (SSSR count). The van der Waals surface area contributed by atoms with E-state index >= 15 is 4.79 Å². The molecule has 278 valence electrons. The maximum absolute atomic E-state index is 15.8. The molecule has 0 bridgehead atoms. The SMILES string of the molecule is COc1cc(C2(C(C)(C)O)O[C@@H](c3ccc(OC)c(O)c3)[C@@]3(CCC4=C(C3)[C@@H](c3ccc(O)c(OC)c3)O[C@H]4c3ccc(O)c(C)c3)C2=O)ccc1C. The first-order chi connectivity index (χ1) is 25.2. The number of hydrogen-bond acceptors (Lipinski definition) is 10. The van der Waals surface area contributed by atoms with Gasteiger partial charge in [0.1, 0.15) is 23.7 Å². The number of aryl methyl sites for hydroxylation is 2. The molecule has 0 radical (unpaired) electrons. The van der Waals surface area contributed by atoms with E-state index in [9.17, 15) is 20.4 Å². The molecular formula is C43H46O10. The molecule has 1 fully saturated rings. The number of carbonyl (C=O) groups is 1. The fourth-order valence-electron chi connectivity index (χ4n) is 8.68. The number of Topliss-reactive ketones (excluding diaryl/α,β-unsaturated/α-hetero) is 1. The van der Waals surface area contributed by atoms with Crippen LogP contribution in [0.5, 0.6) is 34.5 Å². The molecule has 1 aliphatic carbocycles. The van der Waals surface area contributed by atoms with Crippen molar-refractivity contribution in [2.45, 2.75) is 76.5 Å². The Bertz CT molecular complexity index is 2130. The van der Waals surface area contributed by atoms with Crippen molar-refractivity contribution in [3.8, 4) is 34.5 Å². The lowest BCUT2D eigenvalue weighted by atomic mass is 9.60. The first-order valence-corrected chi connectivity index (χ1v) is 17.7. The molecule has 0 saturated carbocycles. The number of phenolic OH excluding ortho intramolecular Hbond substituents is 3. The second-order valence-electron chi connectivity index (χ2n) is 14.9. The Hall–Kier alpha value is -5.03. The van der Waals surface area contributed by atoms with Crippen LogP contribution in [0.15, 0.2) is 83.9 Å². The molecule has 4 aromatic carbocycles.